The smallest absolute Gasteiger partial charge is 0.338 e. The van der Waals surface area contributed by atoms with Gasteiger partial charge in [0.05, 0.1) is 19.3 Å². The van der Waals surface area contributed by atoms with Crippen molar-refractivity contribution in [3.05, 3.63) is 58.7 Å². The highest BCUT2D eigenvalue weighted by Crippen LogP contribution is 2.19. The summed E-state index contributed by atoms with van der Waals surface area (Å²) in [6.07, 6.45) is 0.0255. The predicted molar refractivity (Wildman–Crippen MR) is 99.4 cm³/mol. The lowest BCUT2D eigenvalue weighted by Crippen LogP contribution is -2.11. The third kappa shape index (κ3) is 5.95. The second-order valence-corrected chi connectivity index (χ2v) is 6.18. The van der Waals surface area contributed by atoms with Gasteiger partial charge in [0.2, 0.25) is 0 Å². The van der Waals surface area contributed by atoms with Crippen LogP contribution in [-0.2, 0) is 9.53 Å². The number of carbonyl (C=O) groups excluding carboxylic acids is 3. The molecule has 0 N–H and O–H groups in total. The summed E-state index contributed by atoms with van der Waals surface area (Å²) in [7, 11) is 1.52. The molecule has 27 heavy (non-hydrogen) atoms. The third-order valence-electron chi connectivity index (χ3n) is 3.72. The summed E-state index contributed by atoms with van der Waals surface area (Å²) in [5.74, 6) is -0.302. The molecule has 6 nitrogen and oxygen atoms in total. The molecule has 0 saturated heterocycles. The zero-order chi connectivity index (χ0) is 20.0. The molecule has 0 aliphatic heterocycles. The van der Waals surface area contributed by atoms with E-state index < -0.39 is 11.9 Å². The average Bonchev–Trinajstić information content (AvgIpc) is 2.59. The minimum absolute atomic E-state index is 0.0255. The number of ketones is 1. The molecule has 0 atom stereocenters. The number of hydrogen-bond donors (Lipinski definition) is 0. The van der Waals surface area contributed by atoms with Crippen LogP contribution in [0.25, 0.3) is 0 Å². The van der Waals surface area contributed by atoms with Gasteiger partial charge in [0.1, 0.15) is 11.5 Å². The minimum atomic E-state index is -0.519. The summed E-state index contributed by atoms with van der Waals surface area (Å²) >= 11 is 0. The molecular weight excluding hydrogens is 348 g/mol. The molecule has 0 radical (unpaired) electrons. The highest BCUT2D eigenvalue weighted by Gasteiger charge is 2.13. The fourth-order valence-corrected chi connectivity index (χ4v) is 2.58. The summed E-state index contributed by atoms with van der Waals surface area (Å²) in [5.41, 5.74) is 2.43. The van der Waals surface area contributed by atoms with Gasteiger partial charge in [-0.05, 0) is 61.4 Å². The van der Waals surface area contributed by atoms with Crippen molar-refractivity contribution >= 4 is 17.7 Å². The number of esters is 2. The molecule has 0 aliphatic rings. The van der Waals surface area contributed by atoms with Crippen molar-refractivity contribution < 1.29 is 28.6 Å². The fraction of sp³-hybridized carbons (Fsp3) is 0.286. The normalized spacial score (nSPS) is 10.2. The largest absolute Gasteiger partial charge is 0.497 e. The Morgan fingerprint density at radius 1 is 0.852 bits per heavy atom. The molecule has 6 heteroatoms. The van der Waals surface area contributed by atoms with Crippen LogP contribution in [0.4, 0.5) is 0 Å². The van der Waals surface area contributed by atoms with Crippen LogP contribution in [0.2, 0.25) is 0 Å². The average molecular weight is 370 g/mol. The monoisotopic (exact) mass is 370 g/mol. The Hall–Kier alpha value is -3.15. The molecule has 2 aromatic carbocycles. The van der Waals surface area contributed by atoms with Crippen molar-refractivity contribution in [3.63, 3.8) is 0 Å². The Morgan fingerprint density at radius 2 is 1.44 bits per heavy atom. The van der Waals surface area contributed by atoms with Crippen LogP contribution in [0.5, 0.6) is 11.5 Å². The maximum Gasteiger partial charge on any atom is 0.338 e. The maximum absolute atomic E-state index is 12.4. The summed E-state index contributed by atoms with van der Waals surface area (Å²) in [4.78, 5) is 35.6. The van der Waals surface area contributed by atoms with Gasteiger partial charge < -0.3 is 14.2 Å². The van der Waals surface area contributed by atoms with Gasteiger partial charge in [0, 0.05) is 18.9 Å². The zero-order valence-corrected chi connectivity index (χ0v) is 15.8. The summed E-state index contributed by atoms with van der Waals surface area (Å²) in [5, 5.41) is 0. The van der Waals surface area contributed by atoms with Crippen LogP contribution < -0.4 is 9.47 Å². The second-order valence-electron chi connectivity index (χ2n) is 6.18. The van der Waals surface area contributed by atoms with Crippen molar-refractivity contribution in [2.24, 2.45) is 0 Å². The number of benzene rings is 2. The Morgan fingerprint density at radius 3 is 2.07 bits per heavy atom. The Bertz CT molecular complexity index is 869. The van der Waals surface area contributed by atoms with Gasteiger partial charge in [-0.15, -0.1) is 0 Å². The third-order valence-corrected chi connectivity index (χ3v) is 3.72. The Balaban J connectivity index is 1.98. The van der Waals surface area contributed by atoms with Crippen molar-refractivity contribution in [1.82, 2.24) is 0 Å². The molecule has 2 rings (SSSR count). The second kappa shape index (κ2) is 8.98. The number of Topliss-reactive ketones (excluding diaryl/α,β-unsaturated/α-hetero) is 1. The van der Waals surface area contributed by atoms with Gasteiger partial charge in [-0.25, -0.2) is 4.79 Å². The molecule has 2 aromatic rings. The molecule has 0 heterocycles. The first-order valence-electron chi connectivity index (χ1n) is 8.44. The first kappa shape index (κ1) is 20.2. The van der Waals surface area contributed by atoms with Gasteiger partial charge in [0.15, 0.2) is 5.78 Å². The molecule has 0 fully saturated rings. The molecule has 142 valence electrons. The van der Waals surface area contributed by atoms with Gasteiger partial charge in [-0.1, -0.05) is 0 Å². The Kier molecular flexibility index (Phi) is 6.71. The van der Waals surface area contributed by atoms with Crippen LogP contribution in [0.3, 0.4) is 0 Å². The van der Waals surface area contributed by atoms with E-state index in [0.717, 1.165) is 11.1 Å². The first-order valence-corrected chi connectivity index (χ1v) is 8.44. The number of rotatable bonds is 7. The lowest BCUT2D eigenvalue weighted by molar-refractivity contribution is -0.131. The number of carbonyl (C=O) groups is 3. The maximum atomic E-state index is 12.4. The zero-order valence-electron chi connectivity index (χ0n) is 15.8. The number of hydrogen-bond acceptors (Lipinski definition) is 6. The van der Waals surface area contributed by atoms with E-state index in [0.29, 0.717) is 22.6 Å². The van der Waals surface area contributed by atoms with E-state index in [2.05, 4.69) is 0 Å². The van der Waals surface area contributed by atoms with Crippen molar-refractivity contribution in [1.29, 1.82) is 0 Å². The van der Waals surface area contributed by atoms with Gasteiger partial charge in [0.25, 0.3) is 0 Å². The van der Waals surface area contributed by atoms with E-state index >= 15 is 0 Å². The highest BCUT2D eigenvalue weighted by atomic mass is 16.5. The van der Waals surface area contributed by atoms with Gasteiger partial charge in [-0.3, -0.25) is 9.59 Å². The van der Waals surface area contributed by atoms with Crippen LogP contribution in [0.1, 0.15) is 45.2 Å². The van der Waals surface area contributed by atoms with Crippen LogP contribution >= 0.6 is 0 Å². The molecule has 0 aromatic heterocycles. The number of methoxy groups -OCH3 is 1. The van der Waals surface area contributed by atoms with Gasteiger partial charge >= 0.3 is 11.9 Å². The lowest BCUT2D eigenvalue weighted by Gasteiger charge is -2.09. The quantitative estimate of drug-likeness (QED) is 0.420. The van der Waals surface area contributed by atoms with Crippen molar-refractivity contribution in [3.8, 4) is 11.5 Å². The first-order chi connectivity index (χ1) is 12.8. The summed E-state index contributed by atoms with van der Waals surface area (Å²) < 4.78 is 15.4. The topological polar surface area (TPSA) is 78.9 Å². The fourth-order valence-electron chi connectivity index (χ4n) is 2.58. The van der Waals surface area contributed by atoms with E-state index in [9.17, 15) is 14.4 Å². The molecule has 0 spiro atoms. The summed E-state index contributed by atoms with van der Waals surface area (Å²) in [6.45, 7) is 4.89. The number of ether oxygens (including phenoxy) is 3. The molecule has 0 saturated carbocycles. The van der Waals surface area contributed by atoms with Crippen LogP contribution in [0, 0.1) is 13.8 Å². The number of aryl methyl sites for hydroxylation is 2. The van der Waals surface area contributed by atoms with E-state index in [4.69, 9.17) is 14.2 Å². The SMILES string of the molecule is COc1cc(C)cc(C(=O)OCCC(=O)c2cc(C)cc(OC(C)=O)c2)c1. The highest BCUT2D eigenvalue weighted by molar-refractivity contribution is 5.97. The van der Waals surface area contributed by atoms with Crippen LogP contribution in [-0.4, -0.2) is 31.4 Å². The molecule has 0 bridgehead atoms. The van der Waals surface area contributed by atoms with E-state index in [1.807, 2.05) is 6.92 Å². The standard InChI is InChI=1S/C21H22O6/c1-13-7-16(11-19(10-13)27-15(3)22)20(23)5-6-26-21(24)17-8-14(2)9-18(12-17)25-4/h7-12H,5-6H2,1-4H3. The van der Waals surface area contributed by atoms with Crippen molar-refractivity contribution in [2.75, 3.05) is 13.7 Å². The Labute approximate surface area is 158 Å². The lowest BCUT2D eigenvalue weighted by atomic mass is 10.1. The van der Waals surface area contributed by atoms with Crippen LogP contribution in [0.15, 0.2) is 36.4 Å². The summed E-state index contributed by atoms with van der Waals surface area (Å²) in [6, 6.07) is 9.95. The van der Waals surface area contributed by atoms with Gasteiger partial charge in [-0.2, -0.15) is 0 Å². The molecular formula is C21H22O6. The molecule has 0 aliphatic carbocycles. The van der Waals surface area contributed by atoms with E-state index in [1.54, 1.807) is 37.3 Å². The van der Waals surface area contributed by atoms with E-state index in [1.165, 1.54) is 20.1 Å². The minimum Gasteiger partial charge on any atom is -0.497 e. The molecule has 0 amide bonds. The molecule has 0 unspecified atom stereocenters. The predicted octanol–water partition coefficient (Wildman–Crippen LogP) is 3.67. The van der Waals surface area contributed by atoms with E-state index in [-0.39, 0.29) is 18.8 Å². The van der Waals surface area contributed by atoms with Crippen molar-refractivity contribution in [2.45, 2.75) is 27.2 Å².